The summed E-state index contributed by atoms with van der Waals surface area (Å²) in [6, 6.07) is 8.70. The van der Waals surface area contributed by atoms with Crippen LogP contribution in [0.25, 0.3) is 21.2 Å². The number of piperidine rings is 2. The highest BCUT2D eigenvalue weighted by Gasteiger charge is 2.44. The minimum atomic E-state index is -3.05. The van der Waals surface area contributed by atoms with Crippen molar-refractivity contribution in [3.8, 4) is 28.4 Å². The number of imide groups is 1. The van der Waals surface area contributed by atoms with Crippen LogP contribution in [0.1, 0.15) is 69.7 Å². The van der Waals surface area contributed by atoms with E-state index in [-0.39, 0.29) is 49.1 Å². The van der Waals surface area contributed by atoms with Gasteiger partial charge in [-0.15, -0.1) is 11.3 Å². The molecule has 326 valence electrons. The zero-order chi connectivity index (χ0) is 43.6. The molecule has 3 aliphatic heterocycles. The van der Waals surface area contributed by atoms with E-state index >= 15 is 8.78 Å². The van der Waals surface area contributed by atoms with E-state index in [4.69, 9.17) is 14.2 Å². The Hall–Kier alpha value is -5.23. The minimum Gasteiger partial charge on any atom is -0.496 e. The Morgan fingerprint density at radius 1 is 1.00 bits per heavy atom. The topological polar surface area (TPSA) is 152 Å². The number of hydrogen-bond donors (Lipinski definition) is 2. The van der Waals surface area contributed by atoms with Gasteiger partial charge in [0.05, 0.1) is 55.8 Å². The van der Waals surface area contributed by atoms with E-state index in [0.29, 0.717) is 88.8 Å². The van der Waals surface area contributed by atoms with Crippen LogP contribution in [0, 0.1) is 0 Å². The number of carbonyl (C=O) groups excluding carboxylic acids is 4. The van der Waals surface area contributed by atoms with E-state index in [1.54, 1.807) is 56.6 Å². The lowest BCUT2D eigenvalue weighted by Crippen LogP contribution is -2.57. The number of carbonyl (C=O) groups is 4. The van der Waals surface area contributed by atoms with Gasteiger partial charge in [-0.25, -0.2) is 8.78 Å². The van der Waals surface area contributed by atoms with Gasteiger partial charge in [0.1, 0.15) is 23.3 Å². The van der Waals surface area contributed by atoms with Crippen molar-refractivity contribution >= 4 is 44.9 Å². The molecule has 17 heteroatoms. The van der Waals surface area contributed by atoms with E-state index < -0.39 is 30.5 Å². The Balaban J connectivity index is 0.882. The number of methoxy groups -OCH3 is 2. The molecule has 7 rings (SSSR count). The molecule has 2 aromatic heterocycles. The van der Waals surface area contributed by atoms with Gasteiger partial charge in [0.15, 0.2) is 5.78 Å². The number of fused-ring (bicyclic) bond motifs is 2. The number of nitrogens with one attached hydrogen (secondary N) is 2. The molecule has 2 fully saturated rings. The first-order valence-corrected chi connectivity index (χ1v) is 21.3. The second kappa shape index (κ2) is 18.4. The Morgan fingerprint density at radius 2 is 1.75 bits per heavy atom. The standard InChI is InChI=1S/C44H52F2N6O8S/c1-49(2)23-32-35(58-4)18-26(19-36(32)59-5)31-24-50(3)42(56)30-20-37(61-40(30)31)34(53)21-47-38-13-15-51(25-44(38,45)46)14-7-6-8-16-60-28-9-10-29-27(17-28)22-52(43(29)57)33-11-12-39(54)48-41(33)55/h9-10,17-20,24,33,38,47H,6-8,11-16,21-23,25H2,1-5H3,(H,48,54,55). The molecule has 0 bridgehead atoms. The highest BCUT2D eigenvalue weighted by molar-refractivity contribution is 7.21. The van der Waals surface area contributed by atoms with Crippen LogP contribution >= 0.6 is 11.3 Å². The van der Waals surface area contributed by atoms with Gasteiger partial charge in [0.2, 0.25) is 11.8 Å². The fraction of sp³-hybridized carbons (Fsp3) is 0.477. The van der Waals surface area contributed by atoms with E-state index in [0.717, 1.165) is 23.1 Å². The predicted molar refractivity (Wildman–Crippen MR) is 227 cm³/mol. The lowest BCUT2D eigenvalue weighted by molar-refractivity contribution is -0.136. The van der Waals surface area contributed by atoms with Crippen molar-refractivity contribution in [2.45, 2.75) is 69.6 Å². The van der Waals surface area contributed by atoms with Gasteiger partial charge in [-0.05, 0) is 100 Å². The number of ketones is 1. The normalized spacial score (nSPS) is 19.1. The third-order valence-electron chi connectivity index (χ3n) is 11.6. The number of aromatic nitrogens is 1. The van der Waals surface area contributed by atoms with Crippen LogP contribution in [0.4, 0.5) is 8.78 Å². The van der Waals surface area contributed by atoms with Crippen molar-refractivity contribution in [2.24, 2.45) is 7.05 Å². The smallest absolute Gasteiger partial charge is 0.275 e. The van der Waals surface area contributed by atoms with Gasteiger partial charge >= 0.3 is 0 Å². The highest BCUT2D eigenvalue weighted by atomic mass is 32.1. The van der Waals surface area contributed by atoms with E-state index in [2.05, 4.69) is 10.6 Å². The predicted octanol–water partition coefficient (Wildman–Crippen LogP) is 4.84. The van der Waals surface area contributed by atoms with Gasteiger partial charge in [-0.2, -0.15) is 0 Å². The number of thiophene rings is 1. The number of alkyl halides is 2. The fourth-order valence-electron chi connectivity index (χ4n) is 8.41. The molecule has 4 aromatic rings. The fourth-order valence-corrected chi connectivity index (χ4v) is 9.53. The largest absolute Gasteiger partial charge is 0.496 e. The summed E-state index contributed by atoms with van der Waals surface area (Å²) < 4.78 is 50.4. The molecule has 2 unspecified atom stereocenters. The van der Waals surface area contributed by atoms with Crippen molar-refractivity contribution in [3.63, 3.8) is 0 Å². The van der Waals surface area contributed by atoms with Crippen molar-refractivity contribution in [2.75, 3.05) is 61.1 Å². The number of ether oxygens (including phenoxy) is 3. The lowest BCUT2D eigenvalue weighted by atomic mass is 10.00. The van der Waals surface area contributed by atoms with Crippen LogP contribution in [0.15, 0.2) is 47.4 Å². The number of nitrogens with zero attached hydrogens (tertiary/aromatic N) is 4. The monoisotopic (exact) mass is 862 g/mol. The Morgan fingerprint density at radius 3 is 2.44 bits per heavy atom. The summed E-state index contributed by atoms with van der Waals surface area (Å²) in [5.41, 5.74) is 3.34. The summed E-state index contributed by atoms with van der Waals surface area (Å²) in [6.45, 7) is 1.53. The van der Waals surface area contributed by atoms with Crippen molar-refractivity contribution in [3.05, 3.63) is 74.5 Å². The molecule has 3 amide bonds. The highest BCUT2D eigenvalue weighted by Crippen LogP contribution is 2.40. The summed E-state index contributed by atoms with van der Waals surface area (Å²) in [7, 11) is 8.71. The SMILES string of the molecule is COc1cc(-c2cn(C)c(=O)c3cc(C(=O)CNC4CCN(CCCCCOc5ccc6c(c5)CN(C5CCC(=O)NC5=O)C6=O)CC4(F)F)sc23)cc(OC)c1CN(C)C. The number of amides is 3. The maximum atomic E-state index is 15.4. The number of benzene rings is 2. The first-order valence-electron chi connectivity index (χ1n) is 20.5. The zero-order valence-electron chi connectivity index (χ0n) is 35.1. The van der Waals surface area contributed by atoms with Crippen molar-refractivity contribution < 1.29 is 42.2 Å². The second-order valence-corrected chi connectivity index (χ2v) is 17.3. The van der Waals surface area contributed by atoms with Crippen LogP contribution in [0.5, 0.6) is 17.2 Å². The van der Waals surface area contributed by atoms with Crippen LogP contribution in [-0.2, 0) is 29.7 Å². The van der Waals surface area contributed by atoms with Gasteiger partial charge < -0.3 is 33.9 Å². The number of hydrogen-bond acceptors (Lipinski definition) is 12. The Labute approximate surface area is 356 Å². The van der Waals surface area contributed by atoms with E-state index in [1.807, 2.05) is 31.1 Å². The van der Waals surface area contributed by atoms with Crippen molar-refractivity contribution in [1.82, 2.24) is 29.9 Å². The molecule has 2 atom stereocenters. The zero-order valence-corrected chi connectivity index (χ0v) is 35.9. The molecule has 0 radical (unpaired) electrons. The first-order chi connectivity index (χ1) is 29.2. The van der Waals surface area contributed by atoms with Crippen LogP contribution in [-0.4, -0.2) is 122 Å². The summed E-state index contributed by atoms with van der Waals surface area (Å²) >= 11 is 1.17. The molecule has 2 aromatic carbocycles. The molecular formula is C44H52F2N6O8S. The quantitative estimate of drug-likeness (QED) is 0.0853. The third kappa shape index (κ3) is 9.49. The van der Waals surface area contributed by atoms with Crippen molar-refractivity contribution in [1.29, 1.82) is 0 Å². The summed E-state index contributed by atoms with van der Waals surface area (Å²) in [5, 5.41) is 5.51. The molecule has 0 spiro atoms. The van der Waals surface area contributed by atoms with Gasteiger partial charge in [0.25, 0.3) is 17.4 Å². The summed E-state index contributed by atoms with van der Waals surface area (Å²) in [6.07, 6.45) is 4.58. The average molecular weight is 863 g/mol. The maximum absolute atomic E-state index is 15.4. The second-order valence-electron chi connectivity index (χ2n) is 16.2. The molecule has 2 N–H and O–H groups in total. The minimum absolute atomic E-state index is 0.176. The number of pyridine rings is 1. The average Bonchev–Trinajstić information content (AvgIpc) is 3.81. The summed E-state index contributed by atoms with van der Waals surface area (Å²) in [4.78, 5) is 69.1. The molecule has 61 heavy (non-hydrogen) atoms. The molecular weight excluding hydrogens is 811 g/mol. The van der Waals surface area contributed by atoms with Gasteiger partial charge in [-0.3, -0.25) is 34.2 Å². The number of likely N-dealkylation sites (tertiary alicyclic amines) is 1. The molecule has 3 aliphatic rings. The molecule has 2 saturated heterocycles. The lowest BCUT2D eigenvalue weighted by Gasteiger charge is -2.38. The third-order valence-corrected chi connectivity index (χ3v) is 12.8. The van der Waals surface area contributed by atoms with Gasteiger partial charge in [-0.1, -0.05) is 0 Å². The summed E-state index contributed by atoms with van der Waals surface area (Å²) in [5.74, 6) is -2.60. The van der Waals surface area contributed by atoms with Crippen LogP contribution in [0.2, 0.25) is 0 Å². The van der Waals surface area contributed by atoms with E-state index in [9.17, 15) is 24.0 Å². The van der Waals surface area contributed by atoms with E-state index in [1.165, 1.54) is 20.8 Å². The Kier molecular flexibility index (Phi) is 13.2. The number of unbranched alkanes of at least 4 members (excludes halogenated alkanes) is 2. The van der Waals surface area contributed by atoms with Crippen LogP contribution in [0.3, 0.4) is 0 Å². The number of halogens is 2. The van der Waals surface area contributed by atoms with Crippen LogP contribution < -0.4 is 30.4 Å². The molecule has 0 saturated carbocycles. The number of Topliss-reactive ketones (excluding diaryl/α,β-unsaturated/α-hetero) is 1. The molecule has 0 aliphatic carbocycles. The molecule has 14 nitrogen and oxygen atoms in total. The first kappa shape index (κ1) is 43.8. The molecule has 5 heterocycles. The van der Waals surface area contributed by atoms with Gasteiger partial charge in [0, 0.05) is 55.1 Å². The number of aryl methyl sites for hydroxylation is 1. The Bertz CT molecular complexity index is 2370. The number of rotatable bonds is 17. The maximum Gasteiger partial charge on any atom is 0.275 e.